The van der Waals surface area contributed by atoms with Crippen molar-refractivity contribution < 1.29 is 0 Å². The maximum absolute atomic E-state index is 5.60. The van der Waals surface area contributed by atoms with Crippen LogP contribution in [-0.2, 0) is 6.42 Å². The van der Waals surface area contributed by atoms with Gasteiger partial charge in [-0.3, -0.25) is 0 Å². The van der Waals surface area contributed by atoms with E-state index in [0.717, 1.165) is 25.2 Å². The van der Waals surface area contributed by atoms with Gasteiger partial charge in [0.25, 0.3) is 0 Å². The molecule has 2 heteroatoms. The quantitative estimate of drug-likeness (QED) is 0.712. The van der Waals surface area contributed by atoms with Crippen LogP contribution < -0.4 is 5.73 Å². The first kappa shape index (κ1) is 10.1. The lowest BCUT2D eigenvalue weighted by atomic mass is 10.1. The molecule has 0 aliphatic carbocycles. The van der Waals surface area contributed by atoms with Crippen LogP contribution in [0, 0.1) is 0 Å². The Kier molecular flexibility index (Phi) is 3.77. The van der Waals surface area contributed by atoms with Gasteiger partial charge in [-0.15, -0.1) is 0 Å². The predicted octanol–water partition coefficient (Wildman–Crippen LogP) is 1.76. The molecular weight excluding hydrogens is 160 g/mol. The SMILES string of the molecule is CCN(C)CCc1ccc(N)cc1. The van der Waals surface area contributed by atoms with Crippen molar-refractivity contribution in [2.24, 2.45) is 0 Å². The highest BCUT2D eigenvalue weighted by Crippen LogP contribution is 2.06. The third kappa shape index (κ3) is 3.47. The Hall–Kier alpha value is -1.02. The smallest absolute Gasteiger partial charge is 0.0314 e. The number of likely N-dealkylation sites (N-methyl/N-ethyl adjacent to an activating group) is 1. The zero-order chi connectivity index (χ0) is 9.68. The Morgan fingerprint density at radius 1 is 1.23 bits per heavy atom. The molecule has 72 valence electrons. The number of hydrogen-bond donors (Lipinski definition) is 1. The minimum Gasteiger partial charge on any atom is -0.399 e. The van der Waals surface area contributed by atoms with Crippen molar-refractivity contribution >= 4 is 5.69 Å². The molecule has 0 heterocycles. The van der Waals surface area contributed by atoms with E-state index in [1.165, 1.54) is 5.56 Å². The van der Waals surface area contributed by atoms with Crippen LogP contribution in [0.3, 0.4) is 0 Å². The van der Waals surface area contributed by atoms with E-state index in [1.807, 2.05) is 12.1 Å². The lowest BCUT2D eigenvalue weighted by Gasteiger charge is -2.13. The molecule has 1 aromatic rings. The van der Waals surface area contributed by atoms with Gasteiger partial charge in [0.05, 0.1) is 0 Å². The average molecular weight is 178 g/mol. The molecule has 0 fully saturated rings. The molecule has 2 N–H and O–H groups in total. The third-order valence-electron chi connectivity index (χ3n) is 2.30. The largest absolute Gasteiger partial charge is 0.399 e. The summed E-state index contributed by atoms with van der Waals surface area (Å²) in [5, 5.41) is 0. The van der Waals surface area contributed by atoms with Crippen molar-refractivity contribution in [2.75, 3.05) is 25.9 Å². The molecule has 0 saturated carbocycles. The number of nitrogens with two attached hydrogens (primary N) is 1. The molecule has 1 aromatic carbocycles. The monoisotopic (exact) mass is 178 g/mol. The standard InChI is InChI=1S/C11H18N2/c1-3-13(2)9-8-10-4-6-11(12)7-5-10/h4-7H,3,8-9,12H2,1-2H3. The Morgan fingerprint density at radius 2 is 1.85 bits per heavy atom. The summed E-state index contributed by atoms with van der Waals surface area (Å²) in [5.41, 5.74) is 7.79. The number of nitrogens with zero attached hydrogens (tertiary/aromatic N) is 1. The van der Waals surface area contributed by atoms with Gasteiger partial charge in [0, 0.05) is 12.2 Å². The maximum Gasteiger partial charge on any atom is 0.0314 e. The Labute approximate surface area is 80.4 Å². The molecule has 0 radical (unpaired) electrons. The molecule has 0 saturated heterocycles. The summed E-state index contributed by atoms with van der Waals surface area (Å²) in [6, 6.07) is 8.11. The van der Waals surface area contributed by atoms with Gasteiger partial charge in [-0.25, -0.2) is 0 Å². The van der Waals surface area contributed by atoms with Crippen LogP contribution in [0.5, 0.6) is 0 Å². The van der Waals surface area contributed by atoms with Crippen LogP contribution >= 0.6 is 0 Å². The maximum atomic E-state index is 5.60. The number of anilines is 1. The molecule has 13 heavy (non-hydrogen) atoms. The van der Waals surface area contributed by atoms with Crippen molar-refractivity contribution in [1.29, 1.82) is 0 Å². The summed E-state index contributed by atoms with van der Waals surface area (Å²) in [6.45, 7) is 4.39. The van der Waals surface area contributed by atoms with Gasteiger partial charge >= 0.3 is 0 Å². The van der Waals surface area contributed by atoms with Crippen LogP contribution in [0.2, 0.25) is 0 Å². The van der Waals surface area contributed by atoms with E-state index in [-0.39, 0.29) is 0 Å². The van der Waals surface area contributed by atoms with Gasteiger partial charge < -0.3 is 10.6 Å². The highest BCUT2D eigenvalue weighted by Gasteiger charge is 1.96. The topological polar surface area (TPSA) is 29.3 Å². The zero-order valence-electron chi connectivity index (χ0n) is 8.46. The van der Waals surface area contributed by atoms with E-state index in [2.05, 4.69) is 31.0 Å². The normalized spacial score (nSPS) is 10.7. The first-order valence-electron chi connectivity index (χ1n) is 4.75. The average Bonchev–Trinajstić information content (AvgIpc) is 2.16. The summed E-state index contributed by atoms with van der Waals surface area (Å²) in [5.74, 6) is 0. The van der Waals surface area contributed by atoms with Gasteiger partial charge in [-0.1, -0.05) is 19.1 Å². The van der Waals surface area contributed by atoms with Crippen molar-refractivity contribution in [1.82, 2.24) is 4.90 Å². The summed E-state index contributed by atoms with van der Waals surface area (Å²) in [7, 11) is 2.14. The summed E-state index contributed by atoms with van der Waals surface area (Å²) in [6.07, 6.45) is 1.10. The van der Waals surface area contributed by atoms with Crippen molar-refractivity contribution in [3.05, 3.63) is 29.8 Å². The predicted molar refractivity (Wildman–Crippen MR) is 57.7 cm³/mol. The number of rotatable bonds is 4. The minimum atomic E-state index is 0.840. The van der Waals surface area contributed by atoms with E-state index >= 15 is 0 Å². The molecule has 1 rings (SSSR count). The fourth-order valence-corrected chi connectivity index (χ4v) is 1.16. The number of benzene rings is 1. The van der Waals surface area contributed by atoms with E-state index in [1.54, 1.807) is 0 Å². The third-order valence-corrected chi connectivity index (χ3v) is 2.30. The van der Waals surface area contributed by atoms with Crippen LogP contribution in [-0.4, -0.2) is 25.0 Å². The first-order valence-corrected chi connectivity index (χ1v) is 4.75. The van der Waals surface area contributed by atoms with Gasteiger partial charge in [-0.05, 0) is 37.7 Å². The second kappa shape index (κ2) is 4.87. The fraction of sp³-hybridized carbons (Fsp3) is 0.455. The Morgan fingerprint density at radius 3 is 2.38 bits per heavy atom. The van der Waals surface area contributed by atoms with Gasteiger partial charge in [0.15, 0.2) is 0 Å². The lowest BCUT2D eigenvalue weighted by molar-refractivity contribution is 0.357. The van der Waals surface area contributed by atoms with Crippen molar-refractivity contribution in [3.8, 4) is 0 Å². The van der Waals surface area contributed by atoms with Gasteiger partial charge in [0.2, 0.25) is 0 Å². The molecule has 0 atom stereocenters. The molecular formula is C11H18N2. The molecule has 0 aromatic heterocycles. The Balaban J connectivity index is 2.41. The van der Waals surface area contributed by atoms with Crippen LogP contribution in [0.25, 0.3) is 0 Å². The summed E-state index contributed by atoms with van der Waals surface area (Å²) >= 11 is 0. The molecule has 0 bridgehead atoms. The van der Waals surface area contributed by atoms with E-state index < -0.39 is 0 Å². The first-order chi connectivity index (χ1) is 6.22. The molecule has 0 aliphatic rings. The highest BCUT2D eigenvalue weighted by molar-refractivity contribution is 5.39. The van der Waals surface area contributed by atoms with Crippen molar-refractivity contribution in [3.63, 3.8) is 0 Å². The van der Waals surface area contributed by atoms with Crippen LogP contribution in [0.15, 0.2) is 24.3 Å². The molecule has 0 amide bonds. The summed E-state index contributed by atoms with van der Waals surface area (Å²) in [4.78, 5) is 2.30. The molecule has 0 aliphatic heterocycles. The van der Waals surface area contributed by atoms with Crippen LogP contribution in [0.4, 0.5) is 5.69 Å². The van der Waals surface area contributed by atoms with E-state index in [4.69, 9.17) is 5.73 Å². The van der Waals surface area contributed by atoms with Gasteiger partial charge in [-0.2, -0.15) is 0 Å². The van der Waals surface area contributed by atoms with Crippen molar-refractivity contribution in [2.45, 2.75) is 13.3 Å². The highest BCUT2D eigenvalue weighted by atomic mass is 15.1. The second-order valence-corrected chi connectivity index (χ2v) is 3.39. The summed E-state index contributed by atoms with van der Waals surface area (Å²) < 4.78 is 0. The Bertz CT molecular complexity index is 241. The zero-order valence-corrected chi connectivity index (χ0v) is 8.46. The number of nitrogen functional groups attached to an aromatic ring is 1. The van der Waals surface area contributed by atoms with Gasteiger partial charge in [0.1, 0.15) is 0 Å². The van der Waals surface area contributed by atoms with E-state index in [0.29, 0.717) is 0 Å². The van der Waals surface area contributed by atoms with E-state index in [9.17, 15) is 0 Å². The lowest BCUT2D eigenvalue weighted by Crippen LogP contribution is -2.20. The second-order valence-electron chi connectivity index (χ2n) is 3.39. The van der Waals surface area contributed by atoms with Crippen LogP contribution in [0.1, 0.15) is 12.5 Å². The molecule has 2 nitrogen and oxygen atoms in total. The number of hydrogen-bond acceptors (Lipinski definition) is 2. The fourth-order valence-electron chi connectivity index (χ4n) is 1.16. The molecule has 0 spiro atoms. The minimum absolute atomic E-state index is 0.840. The molecule has 0 unspecified atom stereocenters.